The Morgan fingerprint density at radius 3 is 2.92 bits per heavy atom. The van der Waals surface area contributed by atoms with E-state index in [2.05, 4.69) is 40.8 Å². The molecule has 1 amide bonds. The van der Waals surface area contributed by atoms with Crippen molar-refractivity contribution in [3.05, 3.63) is 35.7 Å². The van der Waals surface area contributed by atoms with Gasteiger partial charge >= 0.3 is 0 Å². The van der Waals surface area contributed by atoms with Crippen molar-refractivity contribution in [1.82, 2.24) is 25.5 Å². The highest BCUT2D eigenvalue weighted by atomic mass is 16.5. The van der Waals surface area contributed by atoms with E-state index in [0.717, 1.165) is 17.7 Å². The van der Waals surface area contributed by atoms with E-state index in [1.54, 1.807) is 4.68 Å². The molecule has 0 fully saturated rings. The summed E-state index contributed by atoms with van der Waals surface area (Å²) in [5, 5.41) is 14.6. The van der Waals surface area contributed by atoms with E-state index in [1.807, 2.05) is 32.0 Å². The Hall–Kier alpha value is -2.44. The van der Waals surface area contributed by atoms with Gasteiger partial charge in [0, 0.05) is 18.4 Å². The fourth-order valence-corrected chi connectivity index (χ4v) is 3.30. The first-order valence-corrected chi connectivity index (χ1v) is 8.66. The van der Waals surface area contributed by atoms with Crippen molar-refractivity contribution < 1.29 is 9.53 Å². The minimum atomic E-state index is -0.246. The van der Waals surface area contributed by atoms with E-state index >= 15 is 0 Å². The van der Waals surface area contributed by atoms with Crippen LogP contribution in [0.2, 0.25) is 0 Å². The Bertz CT molecular complexity index is 753. The first-order chi connectivity index (χ1) is 11.9. The maximum absolute atomic E-state index is 12.3. The van der Waals surface area contributed by atoms with Gasteiger partial charge in [0.25, 0.3) is 0 Å². The zero-order chi connectivity index (χ0) is 18.0. The van der Waals surface area contributed by atoms with Crippen LogP contribution in [0.1, 0.15) is 57.3 Å². The molecule has 25 heavy (non-hydrogen) atoms. The maximum Gasteiger partial charge on any atom is 0.241 e. The standard InChI is InChI=1S/C18H25N5O2/c1-12(2)17-20-21-22-23(17)11-16(24)19-10-13-9-18(3,4)25-15-8-6-5-7-14(13)15/h5-8,12-13H,9-11H2,1-4H3,(H,19,24). The number of carbonyl (C=O) groups is 1. The zero-order valence-corrected chi connectivity index (χ0v) is 15.2. The molecule has 0 bridgehead atoms. The van der Waals surface area contributed by atoms with Crippen LogP contribution in [0.15, 0.2) is 24.3 Å². The van der Waals surface area contributed by atoms with Crippen LogP contribution >= 0.6 is 0 Å². The molecule has 1 aliphatic rings. The number of fused-ring (bicyclic) bond motifs is 1. The predicted octanol–water partition coefficient (Wildman–Crippen LogP) is 2.26. The molecule has 2 aromatic rings. The fraction of sp³-hybridized carbons (Fsp3) is 0.556. The third-order valence-corrected chi connectivity index (χ3v) is 4.40. The lowest BCUT2D eigenvalue weighted by Crippen LogP contribution is -2.40. The average molecular weight is 343 g/mol. The molecule has 3 rings (SSSR count). The van der Waals surface area contributed by atoms with E-state index in [-0.39, 0.29) is 29.9 Å². The number of hydrogen-bond acceptors (Lipinski definition) is 5. The van der Waals surface area contributed by atoms with Gasteiger partial charge in [0.15, 0.2) is 5.82 Å². The number of rotatable bonds is 5. The van der Waals surface area contributed by atoms with Crippen LogP contribution in [-0.4, -0.2) is 38.3 Å². The number of nitrogens with one attached hydrogen (secondary N) is 1. The fourth-order valence-electron chi connectivity index (χ4n) is 3.30. The SMILES string of the molecule is CC(C)c1nnnn1CC(=O)NCC1CC(C)(C)Oc2ccccc21. The van der Waals surface area contributed by atoms with E-state index in [0.29, 0.717) is 12.4 Å². The van der Waals surface area contributed by atoms with Gasteiger partial charge in [-0.15, -0.1) is 5.10 Å². The smallest absolute Gasteiger partial charge is 0.241 e. The average Bonchev–Trinajstić information content (AvgIpc) is 3.00. The number of amides is 1. The molecule has 134 valence electrons. The molecule has 7 nitrogen and oxygen atoms in total. The van der Waals surface area contributed by atoms with Gasteiger partial charge in [-0.25, -0.2) is 4.68 Å². The van der Waals surface area contributed by atoms with E-state index in [1.165, 1.54) is 0 Å². The summed E-state index contributed by atoms with van der Waals surface area (Å²) in [5.41, 5.74) is 0.900. The Morgan fingerprint density at radius 2 is 2.16 bits per heavy atom. The van der Waals surface area contributed by atoms with Crippen LogP contribution in [0.4, 0.5) is 0 Å². The Balaban J connectivity index is 1.65. The van der Waals surface area contributed by atoms with E-state index < -0.39 is 0 Å². The third-order valence-electron chi connectivity index (χ3n) is 4.40. The third kappa shape index (κ3) is 3.97. The van der Waals surface area contributed by atoms with Gasteiger partial charge in [-0.2, -0.15) is 0 Å². The minimum Gasteiger partial charge on any atom is -0.488 e. The summed E-state index contributed by atoms with van der Waals surface area (Å²) in [7, 11) is 0. The van der Waals surface area contributed by atoms with Crippen molar-refractivity contribution >= 4 is 5.91 Å². The number of carbonyl (C=O) groups excluding carboxylic acids is 1. The molecule has 1 aliphatic heterocycles. The van der Waals surface area contributed by atoms with Gasteiger partial charge in [-0.1, -0.05) is 32.0 Å². The highest BCUT2D eigenvalue weighted by molar-refractivity contribution is 5.75. The van der Waals surface area contributed by atoms with Crippen molar-refractivity contribution in [2.24, 2.45) is 0 Å². The molecular weight excluding hydrogens is 318 g/mol. The molecule has 1 aromatic carbocycles. The summed E-state index contributed by atoms with van der Waals surface area (Å²) in [6.45, 7) is 8.86. The van der Waals surface area contributed by atoms with Crippen molar-refractivity contribution in [3.8, 4) is 5.75 Å². The quantitative estimate of drug-likeness (QED) is 0.900. The molecule has 1 unspecified atom stereocenters. The van der Waals surface area contributed by atoms with Crippen molar-refractivity contribution in [1.29, 1.82) is 0 Å². The first-order valence-electron chi connectivity index (χ1n) is 8.66. The van der Waals surface area contributed by atoms with Gasteiger partial charge in [0.2, 0.25) is 5.91 Å². The molecule has 1 N–H and O–H groups in total. The summed E-state index contributed by atoms with van der Waals surface area (Å²) in [6.07, 6.45) is 0.854. The summed E-state index contributed by atoms with van der Waals surface area (Å²) in [5.74, 6) is 1.93. The van der Waals surface area contributed by atoms with Gasteiger partial charge in [0.05, 0.1) is 0 Å². The monoisotopic (exact) mass is 343 g/mol. The molecule has 0 radical (unpaired) electrons. The Labute approximate surface area is 147 Å². The zero-order valence-electron chi connectivity index (χ0n) is 15.2. The number of benzene rings is 1. The number of ether oxygens (including phenoxy) is 1. The molecule has 2 heterocycles. The summed E-state index contributed by atoms with van der Waals surface area (Å²) >= 11 is 0. The second-order valence-electron chi connectivity index (χ2n) is 7.45. The van der Waals surface area contributed by atoms with Crippen LogP contribution in [0, 0.1) is 0 Å². The highest BCUT2D eigenvalue weighted by Gasteiger charge is 2.33. The molecule has 7 heteroatoms. The molecule has 0 aliphatic carbocycles. The number of tetrazole rings is 1. The normalized spacial score (nSPS) is 18.5. The molecule has 1 atom stereocenters. The molecular formula is C18H25N5O2. The molecule has 0 saturated heterocycles. The van der Waals surface area contributed by atoms with Crippen LogP contribution < -0.4 is 10.1 Å². The first kappa shape index (κ1) is 17.4. The maximum atomic E-state index is 12.3. The van der Waals surface area contributed by atoms with Crippen molar-refractivity contribution in [2.75, 3.05) is 6.54 Å². The second-order valence-corrected chi connectivity index (χ2v) is 7.45. The van der Waals surface area contributed by atoms with Crippen molar-refractivity contribution in [3.63, 3.8) is 0 Å². The largest absolute Gasteiger partial charge is 0.488 e. The topological polar surface area (TPSA) is 81.9 Å². The molecule has 0 spiro atoms. The number of hydrogen-bond donors (Lipinski definition) is 1. The lowest BCUT2D eigenvalue weighted by molar-refractivity contribution is -0.122. The predicted molar refractivity (Wildman–Crippen MR) is 93.4 cm³/mol. The Morgan fingerprint density at radius 1 is 1.40 bits per heavy atom. The van der Waals surface area contributed by atoms with E-state index in [9.17, 15) is 4.79 Å². The number of para-hydroxylation sites is 1. The molecule has 1 aromatic heterocycles. The van der Waals surface area contributed by atoms with Gasteiger partial charge < -0.3 is 10.1 Å². The van der Waals surface area contributed by atoms with Crippen LogP contribution in [0.25, 0.3) is 0 Å². The number of aromatic nitrogens is 4. The summed E-state index contributed by atoms with van der Waals surface area (Å²) < 4.78 is 7.60. The van der Waals surface area contributed by atoms with Crippen LogP contribution in [0.5, 0.6) is 5.75 Å². The summed E-state index contributed by atoms with van der Waals surface area (Å²) in [6, 6.07) is 8.03. The lowest BCUT2D eigenvalue weighted by atomic mass is 9.84. The van der Waals surface area contributed by atoms with Crippen LogP contribution in [0.3, 0.4) is 0 Å². The van der Waals surface area contributed by atoms with Gasteiger partial charge in [0.1, 0.15) is 17.9 Å². The molecule has 0 saturated carbocycles. The van der Waals surface area contributed by atoms with Crippen molar-refractivity contribution in [2.45, 2.75) is 58.1 Å². The number of nitrogens with zero attached hydrogens (tertiary/aromatic N) is 4. The Kier molecular flexibility index (Phi) is 4.74. The van der Waals surface area contributed by atoms with E-state index in [4.69, 9.17) is 4.74 Å². The van der Waals surface area contributed by atoms with Crippen LogP contribution in [-0.2, 0) is 11.3 Å². The second kappa shape index (κ2) is 6.82. The van der Waals surface area contributed by atoms with Gasteiger partial charge in [-0.05, 0) is 42.3 Å². The highest BCUT2D eigenvalue weighted by Crippen LogP contribution is 2.40. The van der Waals surface area contributed by atoms with Gasteiger partial charge in [-0.3, -0.25) is 4.79 Å². The minimum absolute atomic E-state index is 0.0871. The summed E-state index contributed by atoms with van der Waals surface area (Å²) in [4.78, 5) is 12.3. The lowest BCUT2D eigenvalue weighted by Gasteiger charge is -2.37.